The van der Waals surface area contributed by atoms with Gasteiger partial charge in [0.1, 0.15) is 0 Å². The Morgan fingerprint density at radius 1 is 1.29 bits per heavy atom. The summed E-state index contributed by atoms with van der Waals surface area (Å²) in [6.45, 7) is 11.7. The van der Waals surface area contributed by atoms with E-state index >= 15 is 0 Å². The van der Waals surface area contributed by atoms with Crippen molar-refractivity contribution in [1.29, 1.82) is 0 Å². The summed E-state index contributed by atoms with van der Waals surface area (Å²) in [5.74, 6) is 0. The Hall–Kier alpha value is -0.370. The SMILES string of the molecule is C=CC(=C(C)C)P(=O)(OCC)OCC. The van der Waals surface area contributed by atoms with Crippen LogP contribution in [0, 0.1) is 0 Å². The fraction of sp³-hybridized carbons (Fsp3) is 0.600. The van der Waals surface area contributed by atoms with Crippen LogP contribution in [0.5, 0.6) is 0 Å². The lowest BCUT2D eigenvalue weighted by atomic mass is 10.3. The van der Waals surface area contributed by atoms with Crippen LogP contribution in [-0.2, 0) is 13.6 Å². The average Bonchev–Trinajstić information content (AvgIpc) is 2.04. The van der Waals surface area contributed by atoms with Crippen molar-refractivity contribution in [3.8, 4) is 0 Å². The molecular formula is C10H19O3P. The maximum Gasteiger partial charge on any atom is 0.361 e. The maximum absolute atomic E-state index is 12.2. The summed E-state index contributed by atoms with van der Waals surface area (Å²) >= 11 is 0. The molecule has 0 amide bonds. The largest absolute Gasteiger partial charge is 0.361 e. The van der Waals surface area contributed by atoms with Crippen molar-refractivity contribution in [2.75, 3.05) is 13.2 Å². The van der Waals surface area contributed by atoms with Gasteiger partial charge in [0.25, 0.3) is 0 Å². The molecule has 0 aromatic carbocycles. The smallest absolute Gasteiger partial charge is 0.306 e. The lowest BCUT2D eigenvalue weighted by molar-refractivity contribution is 0.227. The molecule has 0 saturated heterocycles. The quantitative estimate of drug-likeness (QED) is 0.503. The Kier molecular flexibility index (Phi) is 6.01. The summed E-state index contributed by atoms with van der Waals surface area (Å²) in [7, 11) is -3.12. The normalized spacial score (nSPS) is 11.1. The molecule has 0 aliphatic heterocycles. The van der Waals surface area contributed by atoms with Gasteiger partial charge in [-0.2, -0.15) is 0 Å². The van der Waals surface area contributed by atoms with E-state index in [-0.39, 0.29) is 0 Å². The summed E-state index contributed by atoms with van der Waals surface area (Å²) < 4.78 is 22.6. The zero-order valence-electron chi connectivity index (χ0n) is 9.37. The number of rotatable bonds is 6. The van der Waals surface area contributed by atoms with Gasteiger partial charge in [0, 0.05) is 0 Å². The molecule has 0 aromatic heterocycles. The van der Waals surface area contributed by atoms with Crippen LogP contribution in [0.1, 0.15) is 27.7 Å². The van der Waals surface area contributed by atoms with Gasteiger partial charge in [0.2, 0.25) is 0 Å². The molecule has 82 valence electrons. The van der Waals surface area contributed by atoms with Gasteiger partial charge < -0.3 is 9.05 Å². The van der Waals surface area contributed by atoms with E-state index in [0.717, 1.165) is 5.57 Å². The molecule has 0 aliphatic rings. The van der Waals surface area contributed by atoms with Crippen molar-refractivity contribution in [2.24, 2.45) is 0 Å². The number of hydrogen-bond donors (Lipinski definition) is 0. The van der Waals surface area contributed by atoms with Gasteiger partial charge >= 0.3 is 7.60 Å². The predicted molar refractivity (Wildman–Crippen MR) is 59.4 cm³/mol. The number of hydrogen-bond acceptors (Lipinski definition) is 3. The van der Waals surface area contributed by atoms with Gasteiger partial charge in [-0.25, -0.2) is 0 Å². The van der Waals surface area contributed by atoms with Crippen LogP contribution in [0.3, 0.4) is 0 Å². The summed E-state index contributed by atoms with van der Waals surface area (Å²) in [5, 5.41) is 0.571. The molecule has 0 atom stereocenters. The van der Waals surface area contributed by atoms with Crippen molar-refractivity contribution < 1.29 is 13.6 Å². The molecule has 14 heavy (non-hydrogen) atoms. The van der Waals surface area contributed by atoms with E-state index in [1.54, 1.807) is 19.9 Å². The van der Waals surface area contributed by atoms with Gasteiger partial charge in [-0.05, 0) is 27.7 Å². The molecule has 0 saturated carbocycles. The standard InChI is InChI=1S/C10H19O3P/c1-6-10(9(4)5)14(11,12-7-2)13-8-3/h6H,1,7-8H2,2-5H3. The Balaban J connectivity index is 5.07. The Bertz CT molecular complexity index is 255. The molecule has 3 nitrogen and oxygen atoms in total. The Morgan fingerprint density at radius 3 is 1.93 bits per heavy atom. The number of allylic oxidation sites excluding steroid dienone is 3. The predicted octanol–water partition coefficient (Wildman–Crippen LogP) is 3.73. The minimum absolute atomic E-state index is 0.363. The first-order valence-corrected chi connectivity index (χ1v) is 6.25. The Morgan fingerprint density at radius 2 is 1.71 bits per heavy atom. The average molecular weight is 218 g/mol. The Labute approximate surface area is 86.3 Å². The minimum Gasteiger partial charge on any atom is -0.306 e. The van der Waals surface area contributed by atoms with E-state index in [1.807, 2.05) is 13.8 Å². The van der Waals surface area contributed by atoms with Crippen molar-refractivity contribution >= 4 is 7.60 Å². The molecule has 0 fully saturated rings. The fourth-order valence-corrected chi connectivity index (χ4v) is 2.91. The highest BCUT2D eigenvalue weighted by Gasteiger charge is 2.28. The molecule has 0 N–H and O–H groups in total. The van der Waals surface area contributed by atoms with E-state index in [9.17, 15) is 4.57 Å². The first kappa shape index (κ1) is 13.6. The van der Waals surface area contributed by atoms with Crippen molar-refractivity contribution in [1.82, 2.24) is 0 Å². The van der Waals surface area contributed by atoms with E-state index in [0.29, 0.717) is 18.5 Å². The monoisotopic (exact) mass is 218 g/mol. The topological polar surface area (TPSA) is 35.5 Å². The van der Waals surface area contributed by atoms with E-state index < -0.39 is 7.60 Å². The lowest BCUT2D eigenvalue weighted by Crippen LogP contribution is -1.98. The molecule has 0 radical (unpaired) electrons. The van der Waals surface area contributed by atoms with E-state index in [4.69, 9.17) is 9.05 Å². The highest BCUT2D eigenvalue weighted by Crippen LogP contribution is 2.57. The van der Waals surface area contributed by atoms with Crippen molar-refractivity contribution in [2.45, 2.75) is 27.7 Å². The molecule has 4 heteroatoms. The van der Waals surface area contributed by atoms with Gasteiger partial charge in [0.15, 0.2) is 0 Å². The van der Waals surface area contributed by atoms with Crippen molar-refractivity contribution in [3.63, 3.8) is 0 Å². The van der Waals surface area contributed by atoms with Gasteiger partial charge in [-0.1, -0.05) is 18.2 Å². The van der Waals surface area contributed by atoms with Gasteiger partial charge in [-0.15, -0.1) is 0 Å². The minimum atomic E-state index is -3.12. The summed E-state index contributed by atoms with van der Waals surface area (Å²) in [6.07, 6.45) is 1.54. The fourth-order valence-electron chi connectivity index (χ4n) is 1.11. The second-order valence-electron chi connectivity index (χ2n) is 2.92. The molecule has 0 spiro atoms. The molecule has 0 aliphatic carbocycles. The van der Waals surface area contributed by atoms with Gasteiger partial charge in [-0.3, -0.25) is 4.57 Å². The maximum atomic E-state index is 12.2. The van der Waals surface area contributed by atoms with Crippen LogP contribution in [-0.4, -0.2) is 13.2 Å². The first-order valence-electron chi connectivity index (χ1n) is 4.71. The molecule has 0 unspecified atom stereocenters. The zero-order valence-corrected chi connectivity index (χ0v) is 10.3. The third kappa shape index (κ3) is 3.41. The highest BCUT2D eigenvalue weighted by atomic mass is 31.2. The van der Waals surface area contributed by atoms with Crippen LogP contribution in [0.15, 0.2) is 23.5 Å². The zero-order chi connectivity index (χ0) is 11.2. The second kappa shape index (κ2) is 6.18. The van der Waals surface area contributed by atoms with Crippen LogP contribution in [0.4, 0.5) is 0 Å². The van der Waals surface area contributed by atoms with Crippen molar-refractivity contribution in [3.05, 3.63) is 23.5 Å². The molecule has 0 rings (SSSR count). The van der Waals surface area contributed by atoms with Crippen LogP contribution in [0.25, 0.3) is 0 Å². The van der Waals surface area contributed by atoms with E-state index in [1.165, 1.54) is 0 Å². The van der Waals surface area contributed by atoms with Crippen LogP contribution >= 0.6 is 7.60 Å². The third-order valence-corrected chi connectivity index (χ3v) is 4.01. The van der Waals surface area contributed by atoms with Gasteiger partial charge in [0.05, 0.1) is 18.5 Å². The molecule has 0 aromatic rings. The third-order valence-electron chi connectivity index (χ3n) is 1.60. The lowest BCUT2D eigenvalue weighted by Gasteiger charge is -2.18. The summed E-state index contributed by atoms with van der Waals surface area (Å²) in [5.41, 5.74) is 0.908. The summed E-state index contributed by atoms with van der Waals surface area (Å²) in [6, 6.07) is 0. The van der Waals surface area contributed by atoms with Crippen LogP contribution < -0.4 is 0 Å². The summed E-state index contributed by atoms with van der Waals surface area (Å²) in [4.78, 5) is 0. The molecule has 0 heterocycles. The molecular weight excluding hydrogens is 199 g/mol. The second-order valence-corrected chi connectivity index (χ2v) is 4.92. The molecule has 0 bridgehead atoms. The first-order chi connectivity index (χ1) is 6.51. The van der Waals surface area contributed by atoms with E-state index in [2.05, 4.69) is 6.58 Å². The highest BCUT2D eigenvalue weighted by molar-refractivity contribution is 7.58. The van der Waals surface area contributed by atoms with Crippen LogP contribution in [0.2, 0.25) is 0 Å².